The van der Waals surface area contributed by atoms with Crippen molar-refractivity contribution in [3.05, 3.63) is 59.2 Å². The molecule has 7 heteroatoms. The molecule has 2 aromatic rings. The van der Waals surface area contributed by atoms with Crippen LogP contribution in [-0.2, 0) is 24.4 Å². The number of methoxy groups -OCH3 is 1. The van der Waals surface area contributed by atoms with Gasteiger partial charge >= 0.3 is 0 Å². The molecule has 2 heterocycles. The van der Waals surface area contributed by atoms with Gasteiger partial charge in [0, 0.05) is 53.4 Å². The summed E-state index contributed by atoms with van der Waals surface area (Å²) in [6.07, 6.45) is 0. The summed E-state index contributed by atoms with van der Waals surface area (Å²) >= 11 is 0. The number of benzene rings is 2. The van der Waals surface area contributed by atoms with Crippen molar-refractivity contribution in [2.45, 2.75) is 19.7 Å². The third kappa shape index (κ3) is 5.04. The van der Waals surface area contributed by atoms with Crippen LogP contribution >= 0.6 is 0 Å². The van der Waals surface area contributed by atoms with Crippen molar-refractivity contribution in [2.75, 3.05) is 47.1 Å². The van der Waals surface area contributed by atoms with Crippen molar-refractivity contribution < 1.29 is 14.2 Å². The van der Waals surface area contributed by atoms with Gasteiger partial charge in [-0.25, -0.2) is 0 Å². The van der Waals surface area contributed by atoms with Crippen LogP contribution in [0.3, 0.4) is 0 Å². The zero-order valence-electron chi connectivity index (χ0n) is 17.8. The number of rotatable bonds is 6. The van der Waals surface area contributed by atoms with E-state index in [1.165, 1.54) is 16.7 Å². The van der Waals surface area contributed by atoms with Crippen LogP contribution in [0.4, 0.5) is 0 Å². The summed E-state index contributed by atoms with van der Waals surface area (Å²) in [4.78, 5) is 9.28. The molecular weight excluding hydrogens is 380 g/mol. The lowest BCUT2D eigenvalue weighted by molar-refractivity contribution is 0.171. The van der Waals surface area contributed by atoms with Crippen molar-refractivity contribution in [3.63, 3.8) is 0 Å². The number of hydrogen-bond donors (Lipinski definition) is 1. The standard InChI is InChI=1S/C23H30N4O3/c1-24-23(25-14-18-3-5-19(6-4-18)16-28-2)27-11-9-26(10-12-27)15-20-7-8-21-22(13-20)30-17-29-21/h3-8,13H,9-12,14-17H2,1-2H3,(H,24,25). The first-order valence-corrected chi connectivity index (χ1v) is 10.4. The predicted octanol–water partition coefficient (Wildman–Crippen LogP) is 2.45. The Morgan fingerprint density at radius 2 is 1.67 bits per heavy atom. The molecule has 1 fully saturated rings. The van der Waals surface area contributed by atoms with Gasteiger partial charge in [0.2, 0.25) is 6.79 Å². The Hall–Kier alpha value is -2.77. The molecule has 30 heavy (non-hydrogen) atoms. The van der Waals surface area contributed by atoms with E-state index in [-0.39, 0.29) is 0 Å². The van der Waals surface area contributed by atoms with Gasteiger partial charge in [-0.15, -0.1) is 0 Å². The highest BCUT2D eigenvalue weighted by Crippen LogP contribution is 2.32. The number of nitrogens with one attached hydrogen (secondary N) is 1. The molecule has 2 aliphatic heterocycles. The molecule has 2 aromatic carbocycles. The lowest BCUT2D eigenvalue weighted by Crippen LogP contribution is -2.52. The molecule has 4 rings (SSSR count). The summed E-state index contributed by atoms with van der Waals surface area (Å²) in [5.41, 5.74) is 3.67. The van der Waals surface area contributed by atoms with Gasteiger partial charge < -0.3 is 24.4 Å². The Balaban J connectivity index is 1.25. The average molecular weight is 411 g/mol. The van der Waals surface area contributed by atoms with Crippen LogP contribution in [0.5, 0.6) is 11.5 Å². The Morgan fingerprint density at radius 3 is 2.40 bits per heavy atom. The smallest absolute Gasteiger partial charge is 0.231 e. The molecule has 0 bridgehead atoms. The van der Waals surface area contributed by atoms with Crippen molar-refractivity contribution in [3.8, 4) is 11.5 Å². The number of ether oxygens (including phenoxy) is 3. The maximum Gasteiger partial charge on any atom is 0.231 e. The molecule has 0 aromatic heterocycles. The molecule has 2 aliphatic rings. The summed E-state index contributed by atoms with van der Waals surface area (Å²) in [6, 6.07) is 14.7. The summed E-state index contributed by atoms with van der Waals surface area (Å²) < 4.78 is 16.1. The van der Waals surface area contributed by atoms with Crippen LogP contribution < -0.4 is 14.8 Å². The molecule has 160 valence electrons. The zero-order chi connectivity index (χ0) is 20.8. The van der Waals surface area contributed by atoms with Gasteiger partial charge in [0.1, 0.15) is 0 Å². The fourth-order valence-electron chi connectivity index (χ4n) is 3.85. The normalized spacial score (nSPS) is 16.7. The minimum atomic E-state index is 0.320. The van der Waals surface area contributed by atoms with Gasteiger partial charge in [0.15, 0.2) is 17.5 Å². The van der Waals surface area contributed by atoms with Gasteiger partial charge in [-0.05, 0) is 28.8 Å². The van der Waals surface area contributed by atoms with E-state index >= 15 is 0 Å². The predicted molar refractivity (Wildman–Crippen MR) is 117 cm³/mol. The number of nitrogens with zero attached hydrogens (tertiary/aromatic N) is 3. The average Bonchev–Trinajstić information content (AvgIpc) is 3.24. The molecule has 0 unspecified atom stereocenters. The first-order chi connectivity index (χ1) is 14.7. The topological polar surface area (TPSA) is 58.6 Å². The molecule has 0 saturated carbocycles. The minimum Gasteiger partial charge on any atom is -0.454 e. The fraction of sp³-hybridized carbons (Fsp3) is 0.435. The van der Waals surface area contributed by atoms with Gasteiger partial charge in [-0.3, -0.25) is 9.89 Å². The number of piperazine rings is 1. The molecular formula is C23H30N4O3. The molecule has 0 spiro atoms. The summed E-state index contributed by atoms with van der Waals surface area (Å²) in [7, 11) is 3.57. The van der Waals surface area contributed by atoms with Crippen LogP contribution in [0.1, 0.15) is 16.7 Å². The van der Waals surface area contributed by atoms with E-state index in [4.69, 9.17) is 14.2 Å². The molecule has 1 saturated heterocycles. The number of guanidine groups is 1. The van der Waals surface area contributed by atoms with E-state index in [2.05, 4.69) is 56.5 Å². The fourth-order valence-corrected chi connectivity index (χ4v) is 3.85. The summed E-state index contributed by atoms with van der Waals surface area (Å²) in [5, 5.41) is 3.50. The number of aliphatic imine (C=N–C) groups is 1. The SMILES string of the molecule is CN=C(NCc1ccc(COC)cc1)N1CCN(Cc2ccc3c(c2)OCO3)CC1. The van der Waals surface area contributed by atoms with Gasteiger partial charge in [-0.2, -0.15) is 0 Å². The zero-order valence-corrected chi connectivity index (χ0v) is 17.8. The van der Waals surface area contributed by atoms with Crippen molar-refractivity contribution in [1.29, 1.82) is 0 Å². The Bertz CT molecular complexity index is 861. The Labute approximate surface area is 178 Å². The third-order valence-corrected chi connectivity index (χ3v) is 5.51. The van der Waals surface area contributed by atoms with E-state index in [9.17, 15) is 0 Å². The molecule has 0 radical (unpaired) electrons. The molecule has 7 nitrogen and oxygen atoms in total. The van der Waals surface area contributed by atoms with Gasteiger partial charge in [0.25, 0.3) is 0 Å². The van der Waals surface area contributed by atoms with E-state index in [1.54, 1.807) is 7.11 Å². The molecule has 1 N–H and O–H groups in total. The quantitative estimate of drug-likeness (QED) is 0.583. The summed E-state index contributed by atoms with van der Waals surface area (Å²) in [6.45, 7) is 6.56. The molecule has 0 amide bonds. The second kappa shape index (κ2) is 9.82. The maximum atomic E-state index is 5.49. The largest absolute Gasteiger partial charge is 0.454 e. The lowest BCUT2D eigenvalue weighted by atomic mass is 10.1. The van der Waals surface area contributed by atoms with Crippen molar-refractivity contribution in [2.24, 2.45) is 4.99 Å². The van der Waals surface area contributed by atoms with E-state index in [1.807, 2.05) is 13.1 Å². The van der Waals surface area contributed by atoms with Crippen molar-refractivity contribution in [1.82, 2.24) is 15.1 Å². The monoisotopic (exact) mass is 410 g/mol. The van der Waals surface area contributed by atoms with E-state index < -0.39 is 0 Å². The summed E-state index contributed by atoms with van der Waals surface area (Å²) in [5.74, 6) is 2.65. The van der Waals surface area contributed by atoms with Crippen LogP contribution in [0, 0.1) is 0 Å². The maximum absolute atomic E-state index is 5.49. The van der Waals surface area contributed by atoms with Crippen LogP contribution in [-0.4, -0.2) is 62.9 Å². The lowest BCUT2D eigenvalue weighted by Gasteiger charge is -2.36. The highest BCUT2D eigenvalue weighted by Gasteiger charge is 2.20. The first-order valence-electron chi connectivity index (χ1n) is 10.4. The van der Waals surface area contributed by atoms with Crippen LogP contribution in [0.15, 0.2) is 47.5 Å². The van der Waals surface area contributed by atoms with Crippen LogP contribution in [0.2, 0.25) is 0 Å². The second-order valence-electron chi connectivity index (χ2n) is 7.60. The first kappa shape index (κ1) is 20.5. The van der Waals surface area contributed by atoms with Crippen molar-refractivity contribution >= 4 is 5.96 Å². The molecule has 0 aliphatic carbocycles. The molecule has 0 atom stereocenters. The van der Waals surface area contributed by atoms with Gasteiger partial charge in [0.05, 0.1) is 6.61 Å². The highest BCUT2D eigenvalue weighted by molar-refractivity contribution is 5.80. The second-order valence-corrected chi connectivity index (χ2v) is 7.60. The third-order valence-electron chi connectivity index (χ3n) is 5.51. The van der Waals surface area contributed by atoms with E-state index in [0.29, 0.717) is 13.4 Å². The van der Waals surface area contributed by atoms with E-state index in [0.717, 1.165) is 56.7 Å². The minimum absolute atomic E-state index is 0.320. The number of hydrogen-bond acceptors (Lipinski definition) is 5. The number of fused-ring (bicyclic) bond motifs is 1. The van der Waals surface area contributed by atoms with Crippen LogP contribution in [0.25, 0.3) is 0 Å². The van der Waals surface area contributed by atoms with Gasteiger partial charge in [-0.1, -0.05) is 30.3 Å². The Morgan fingerprint density at radius 1 is 0.967 bits per heavy atom. The Kier molecular flexibility index (Phi) is 6.71. The highest BCUT2D eigenvalue weighted by atomic mass is 16.7.